The summed E-state index contributed by atoms with van der Waals surface area (Å²) >= 11 is 3.35. The van der Waals surface area contributed by atoms with E-state index in [0.29, 0.717) is 23.2 Å². The third-order valence-corrected chi connectivity index (χ3v) is 3.77. The van der Waals surface area contributed by atoms with Crippen LogP contribution in [0.5, 0.6) is 0 Å². The molecule has 0 heterocycles. The first-order valence-corrected chi connectivity index (χ1v) is 7.00. The fourth-order valence-electron chi connectivity index (χ4n) is 2.12. The molecule has 0 fully saturated rings. The summed E-state index contributed by atoms with van der Waals surface area (Å²) in [5.74, 6) is -0.158. The van der Waals surface area contributed by atoms with Gasteiger partial charge in [-0.15, -0.1) is 0 Å². The minimum Gasteiger partial charge on any atom is -0.380 e. The molecule has 20 heavy (non-hydrogen) atoms. The van der Waals surface area contributed by atoms with Gasteiger partial charge in [-0.1, -0.05) is 18.2 Å². The lowest BCUT2D eigenvalue weighted by Crippen LogP contribution is -2.03. The van der Waals surface area contributed by atoms with Gasteiger partial charge in [-0.25, -0.2) is 4.39 Å². The quantitative estimate of drug-likeness (QED) is 0.885. The molecular formula is C16H14BrFN2. The predicted molar refractivity (Wildman–Crippen MR) is 82.1 cm³/mol. The van der Waals surface area contributed by atoms with Gasteiger partial charge in [0, 0.05) is 11.0 Å². The van der Waals surface area contributed by atoms with Gasteiger partial charge in [-0.05, 0) is 58.6 Å². The number of anilines is 1. The van der Waals surface area contributed by atoms with Gasteiger partial charge in [0.2, 0.25) is 0 Å². The molecule has 2 rings (SSSR count). The highest BCUT2D eigenvalue weighted by Gasteiger charge is 2.07. The third-order valence-electron chi connectivity index (χ3n) is 3.10. The van der Waals surface area contributed by atoms with Crippen LogP contribution < -0.4 is 5.32 Å². The lowest BCUT2D eigenvalue weighted by molar-refractivity contribution is 0.608. The first kappa shape index (κ1) is 14.5. The molecule has 4 heteroatoms. The van der Waals surface area contributed by atoms with E-state index in [4.69, 9.17) is 5.26 Å². The highest BCUT2D eigenvalue weighted by Crippen LogP contribution is 2.24. The van der Waals surface area contributed by atoms with Crippen LogP contribution in [-0.4, -0.2) is 0 Å². The van der Waals surface area contributed by atoms with Crippen molar-refractivity contribution < 1.29 is 4.39 Å². The van der Waals surface area contributed by atoms with Crippen molar-refractivity contribution in [2.24, 2.45) is 0 Å². The summed E-state index contributed by atoms with van der Waals surface area (Å²) in [7, 11) is 0. The molecule has 2 aromatic rings. The van der Waals surface area contributed by atoms with E-state index >= 15 is 0 Å². The van der Waals surface area contributed by atoms with Gasteiger partial charge in [0.1, 0.15) is 11.9 Å². The maximum Gasteiger partial charge on any atom is 0.129 e. The molecule has 0 spiro atoms. The zero-order valence-corrected chi connectivity index (χ0v) is 12.9. The molecule has 0 saturated heterocycles. The van der Waals surface area contributed by atoms with E-state index in [0.717, 1.165) is 15.7 Å². The average molecular weight is 333 g/mol. The van der Waals surface area contributed by atoms with Crippen LogP contribution in [0.25, 0.3) is 0 Å². The Kier molecular flexibility index (Phi) is 4.41. The van der Waals surface area contributed by atoms with Crippen LogP contribution in [0, 0.1) is 31.0 Å². The van der Waals surface area contributed by atoms with E-state index in [1.807, 2.05) is 30.3 Å². The van der Waals surface area contributed by atoms with Crippen LogP contribution in [0.4, 0.5) is 10.1 Å². The van der Waals surface area contributed by atoms with E-state index in [1.54, 1.807) is 13.8 Å². The standard InChI is InChI=1S/C16H14BrFN2/c1-10-6-12(7-11(2)16(10)18)9-20-15-5-3-4-14(17)13(15)8-19/h3-7,20H,9H2,1-2H3. The largest absolute Gasteiger partial charge is 0.380 e. The lowest BCUT2D eigenvalue weighted by Gasteiger charge is -2.11. The molecule has 0 aliphatic carbocycles. The first-order valence-electron chi connectivity index (χ1n) is 6.21. The molecule has 1 N–H and O–H groups in total. The van der Waals surface area contributed by atoms with Crippen molar-refractivity contribution >= 4 is 21.6 Å². The van der Waals surface area contributed by atoms with Crippen LogP contribution in [0.15, 0.2) is 34.8 Å². The second-order valence-corrected chi connectivity index (χ2v) is 5.53. The maximum atomic E-state index is 13.6. The average Bonchev–Trinajstić information content (AvgIpc) is 2.42. The SMILES string of the molecule is Cc1cc(CNc2cccc(Br)c2C#N)cc(C)c1F. The zero-order valence-electron chi connectivity index (χ0n) is 11.3. The van der Waals surface area contributed by atoms with Crippen molar-refractivity contribution in [3.8, 4) is 6.07 Å². The maximum absolute atomic E-state index is 13.6. The molecule has 0 atom stereocenters. The Morgan fingerprint density at radius 2 is 1.90 bits per heavy atom. The number of nitrogens with one attached hydrogen (secondary N) is 1. The highest BCUT2D eigenvalue weighted by atomic mass is 79.9. The van der Waals surface area contributed by atoms with Crippen molar-refractivity contribution in [2.75, 3.05) is 5.32 Å². The number of aryl methyl sites for hydroxylation is 2. The van der Waals surface area contributed by atoms with Crippen LogP contribution >= 0.6 is 15.9 Å². The molecule has 0 bridgehead atoms. The van der Waals surface area contributed by atoms with E-state index in [2.05, 4.69) is 27.3 Å². The molecule has 0 amide bonds. The van der Waals surface area contributed by atoms with Crippen molar-refractivity contribution in [1.29, 1.82) is 5.26 Å². The van der Waals surface area contributed by atoms with E-state index in [1.165, 1.54) is 0 Å². The van der Waals surface area contributed by atoms with Gasteiger partial charge in [0.15, 0.2) is 0 Å². The van der Waals surface area contributed by atoms with Crippen LogP contribution in [-0.2, 0) is 6.54 Å². The van der Waals surface area contributed by atoms with Gasteiger partial charge >= 0.3 is 0 Å². The summed E-state index contributed by atoms with van der Waals surface area (Å²) in [4.78, 5) is 0. The first-order chi connectivity index (χ1) is 9.52. The number of hydrogen-bond acceptors (Lipinski definition) is 2. The Morgan fingerprint density at radius 1 is 1.25 bits per heavy atom. The number of benzene rings is 2. The topological polar surface area (TPSA) is 35.8 Å². The summed E-state index contributed by atoms with van der Waals surface area (Å²) in [5.41, 5.74) is 3.60. The molecule has 0 aliphatic rings. The molecule has 0 radical (unpaired) electrons. The summed E-state index contributed by atoms with van der Waals surface area (Å²) < 4.78 is 14.3. The van der Waals surface area contributed by atoms with Crippen molar-refractivity contribution in [1.82, 2.24) is 0 Å². The zero-order chi connectivity index (χ0) is 14.7. The van der Waals surface area contributed by atoms with Gasteiger partial charge in [-0.2, -0.15) is 5.26 Å². The van der Waals surface area contributed by atoms with Crippen molar-refractivity contribution in [3.05, 3.63) is 62.9 Å². The molecule has 0 aliphatic heterocycles. The van der Waals surface area contributed by atoms with Gasteiger partial charge in [0.05, 0.1) is 11.3 Å². The smallest absolute Gasteiger partial charge is 0.129 e. The van der Waals surface area contributed by atoms with Crippen LogP contribution in [0.1, 0.15) is 22.3 Å². The molecule has 0 saturated carbocycles. The number of nitriles is 1. The fraction of sp³-hybridized carbons (Fsp3) is 0.188. The minimum atomic E-state index is -0.158. The Labute approximate surface area is 126 Å². The summed E-state index contributed by atoms with van der Waals surface area (Å²) in [6, 6.07) is 11.4. The molecule has 2 aromatic carbocycles. The Hall–Kier alpha value is -1.86. The third kappa shape index (κ3) is 3.00. The summed E-state index contributed by atoms with van der Waals surface area (Å²) in [6.07, 6.45) is 0. The number of hydrogen-bond donors (Lipinski definition) is 1. The Balaban J connectivity index is 2.22. The van der Waals surface area contributed by atoms with Crippen molar-refractivity contribution in [3.63, 3.8) is 0 Å². The molecular weight excluding hydrogens is 319 g/mol. The summed E-state index contributed by atoms with van der Waals surface area (Å²) in [5, 5.41) is 12.4. The Morgan fingerprint density at radius 3 is 2.50 bits per heavy atom. The molecule has 0 aromatic heterocycles. The van der Waals surface area contributed by atoms with Crippen molar-refractivity contribution in [2.45, 2.75) is 20.4 Å². The normalized spacial score (nSPS) is 10.2. The molecule has 2 nitrogen and oxygen atoms in total. The second kappa shape index (κ2) is 6.06. The highest BCUT2D eigenvalue weighted by molar-refractivity contribution is 9.10. The number of rotatable bonds is 3. The molecule has 0 unspecified atom stereocenters. The van der Waals surface area contributed by atoms with Crippen LogP contribution in [0.3, 0.4) is 0 Å². The predicted octanol–water partition coefficient (Wildman–Crippen LogP) is 4.69. The monoisotopic (exact) mass is 332 g/mol. The van der Waals surface area contributed by atoms with E-state index in [-0.39, 0.29) is 5.82 Å². The lowest BCUT2D eigenvalue weighted by atomic mass is 10.1. The fourth-order valence-corrected chi connectivity index (χ4v) is 2.57. The summed E-state index contributed by atoms with van der Waals surface area (Å²) in [6.45, 7) is 4.06. The number of nitrogens with zero attached hydrogens (tertiary/aromatic N) is 1. The van der Waals surface area contributed by atoms with E-state index in [9.17, 15) is 4.39 Å². The number of halogens is 2. The van der Waals surface area contributed by atoms with Crippen LogP contribution in [0.2, 0.25) is 0 Å². The van der Waals surface area contributed by atoms with Gasteiger partial charge < -0.3 is 5.32 Å². The Bertz CT molecular complexity index is 666. The molecule has 102 valence electrons. The minimum absolute atomic E-state index is 0.158. The van der Waals surface area contributed by atoms with Gasteiger partial charge in [-0.3, -0.25) is 0 Å². The van der Waals surface area contributed by atoms with E-state index < -0.39 is 0 Å². The second-order valence-electron chi connectivity index (χ2n) is 4.67. The van der Waals surface area contributed by atoms with Gasteiger partial charge in [0.25, 0.3) is 0 Å².